The van der Waals surface area contributed by atoms with Crippen LogP contribution in [-0.4, -0.2) is 28.7 Å². The van der Waals surface area contributed by atoms with E-state index in [0.717, 1.165) is 6.42 Å². The minimum Gasteiger partial charge on any atom is -0.394 e. The lowest BCUT2D eigenvalue weighted by atomic mass is 9.86. The predicted molar refractivity (Wildman–Crippen MR) is 73.3 cm³/mol. The fourth-order valence-corrected chi connectivity index (χ4v) is 3.49. The maximum Gasteiger partial charge on any atom is 0.0628 e. The highest BCUT2D eigenvalue weighted by molar-refractivity contribution is 5.21. The molecule has 0 aromatic heterocycles. The van der Waals surface area contributed by atoms with Crippen LogP contribution in [0.15, 0.2) is 42.5 Å². The Balaban J connectivity index is 1.90. The average molecular weight is 243 g/mol. The SMILES string of the molecule is OC[C@@H](c1ccccc1)N1[C@H]2CC=C[C@@H]1CCC2. The summed E-state index contributed by atoms with van der Waals surface area (Å²) in [4.78, 5) is 2.54. The zero-order valence-electron chi connectivity index (χ0n) is 10.7. The topological polar surface area (TPSA) is 23.5 Å². The van der Waals surface area contributed by atoms with Crippen LogP contribution in [0.5, 0.6) is 0 Å². The number of hydrogen-bond acceptors (Lipinski definition) is 2. The molecule has 0 spiro atoms. The Morgan fingerprint density at radius 3 is 2.78 bits per heavy atom. The van der Waals surface area contributed by atoms with E-state index in [9.17, 15) is 5.11 Å². The Hall–Kier alpha value is -1.12. The third-order valence-electron chi connectivity index (χ3n) is 4.33. The number of piperidine rings is 1. The van der Waals surface area contributed by atoms with Crippen LogP contribution in [0, 0.1) is 0 Å². The quantitative estimate of drug-likeness (QED) is 0.825. The summed E-state index contributed by atoms with van der Waals surface area (Å²) in [5.74, 6) is 0. The second-order valence-corrected chi connectivity index (χ2v) is 5.37. The van der Waals surface area contributed by atoms with E-state index >= 15 is 0 Å². The molecular formula is C16H21NO. The number of hydrogen-bond donors (Lipinski definition) is 1. The fraction of sp³-hybridized carbons (Fsp3) is 0.500. The van der Waals surface area contributed by atoms with Crippen LogP contribution in [-0.2, 0) is 0 Å². The van der Waals surface area contributed by atoms with Crippen molar-refractivity contribution < 1.29 is 5.11 Å². The largest absolute Gasteiger partial charge is 0.394 e. The van der Waals surface area contributed by atoms with E-state index in [-0.39, 0.29) is 12.6 Å². The number of rotatable bonds is 3. The molecule has 3 atom stereocenters. The van der Waals surface area contributed by atoms with E-state index in [4.69, 9.17) is 0 Å². The van der Waals surface area contributed by atoms with Crippen LogP contribution >= 0.6 is 0 Å². The molecule has 1 aromatic carbocycles. The molecule has 0 aliphatic carbocycles. The van der Waals surface area contributed by atoms with Gasteiger partial charge in [-0.2, -0.15) is 0 Å². The minimum absolute atomic E-state index is 0.159. The summed E-state index contributed by atoms with van der Waals surface area (Å²) in [6, 6.07) is 11.7. The molecule has 2 aliphatic heterocycles. The van der Waals surface area contributed by atoms with Gasteiger partial charge in [0.05, 0.1) is 12.6 Å². The summed E-state index contributed by atoms with van der Waals surface area (Å²) in [5.41, 5.74) is 1.24. The third-order valence-corrected chi connectivity index (χ3v) is 4.33. The highest BCUT2D eigenvalue weighted by Gasteiger charge is 2.36. The van der Waals surface area contributed by atoms with Gasteiger partial charge in [0, 0.05) is 12.1 Å². The standard InChI is InChI=1S/C16H21NO/c18-12-16(13-6-2-1-3-7-13)17-14-8-4-9-15(17)11-5-10-14/h1-4,6-8,14-16,18H,5,9-12H2/t14-,15+,16+/m1/s1. The van der Waals surface area contributed by atoms with Gasteiger partial charge < -0.3 is 5.11 Å². The Morgan fingerprint density at radius 1 is 1.22 bits per heavy atom. The molecule has 2 nitrogen and oxygen atoms in total. The van der Waals surface area contributed by atoms with Crippen LogP contribution in [0.2, 0.25) is 0 Å². The van der Waals surface area contributed by atoms with Crippen molar-refractivity contribution in [1.29, 1.82) is 0 Å². The van der Waals surface area contributed by atoms with E-state index in [2.05, 4.69) is 41.3 Å². The van der Waals surface area contributed by atoms with Crippen LogP contribution in [0.3, 0.4) is 0 Å². The first-order valence-electron chi connectivity index (χ1n) is 7.00. The van der Waals surface area contributed by atoms with Gasteiger partial charge in [0.2, 0.25) is 0 Å². The van der Waals surface area contributed by atoms with Gasteiger partial charge in [-0.15, -0.1) is 0 Å². The molecule has 3 rings (SSSR count). The molecule has 0 saturated carbocycles. The van der Waals surface area contributed by atoms with Crippen molar-refractivity contribution in [3.63, 3.8) is 0 Å². The van der Waals surface area contributed by atoms with Crippen LogP contribution in [0.4, 0.5) is 0 Å². The molecule has 1 fully saturated rings. The molecule has 2 aliphatic rings. The second-order valence-electron chi connectivity index (χ2n) is 5.37. The van der Waals surface area contributed by atoms with Gasteiger partial charge in [0.15, 0.2) is 0 Å². The summed E-state index contributed by atoms with van der Waals surface area (Å²) in [7, 11) is 0. The van der Waals surface area contributed by atoms with Crippen molar-refractivity contribution in [2.45, 2.75) is 43.8 Å². The summed E-state index contributed by atoms with van der Waals surface area (Å²) < 4.78 is 0. The maximum atomic E-state index is 9.82. The van der Waals surface area contributed by atoms with Crippen LogP contribution in [0.1, 0.15) is 37.3 Å². The lowest BCUT2D eigenvalue weighted by Gasteiger charge is -2.47. The van der Waals surface area contributed by atoms with Gasteiger partial charge in [-0.1, -0.05) is 48.9 Å². The van der Waals surface area contributed by atoms with E-state index in [1.54, 1.807) is 0 Å². The average Bonchev–Trinajstić information content (AvgIpc) is 2.40. The lowest BCUT2D eigenvalue weighted by Crippen LogP contribution is -2.50. The molecule has 1 N–H and O–H groups in total. The molecule has 1 aromatic rings. The normalized spacial score (nSPS) is 29.2. The van der Waals surface area contributed by atoms with Crippen molar-refractivity contribution in [1.82, 2.24) is 4.90 Å². The molecule has 0 unspecified atom stereocenters. The predicted octanol–water partition coefficient (Wildman–Crippen LogP) is 2.90. The highest BCUT2D eigenvalue weighted by atomic mass is 16.3. The van der Waals surface area contributed by atoms with Crippen LogP contribution < -0.4 is 0 Å². The van der Waals surface area contributed by atoms with Gasteiger partial charge in [-0.05, 0) is 24.8 Å². The fourth-order valence-electron chi connectivity index (χ4n) is 3.49. The van der Waals surface area contributed by atoms with Gasteiger partial charge >= 0.3 is 0 Å². The molecule has 1 saturated heterocycles. The molecule has 96 valence electrons. The lowest BCUT2D eigenvalue weighted by molar-refractivity contribution is 0.0233. The van der Waals surface area contributed by atoms with Gasteiger partial charge in [0.25, 0.3) is 0 Å². The first-order chi connectivity index (χ1) is 8.90. The van der Waals surface area contributed by atoms with E-state index in [0.29, 0.717) is 12.1 Å². The van der Waals surface area contributed by atoms with E-state index in [1.807, 2.05) is 6.07 Å². The van der Waals surface area contributed by atoms with Gasteiger partial charge in [-0.25, -0.2) is 0 Å². The second kappa shape index (κ2) is 5.25. The number of nitrogens with zero attached hydrogens (tertiary/aromatic N) is 1. The van der Waals surface area contributed by atoms with Gasteiger partial charge in [0.1, 0.15) is 0 Å². The zero-order valence-corrected chi connectivity index (χ0v) is 10.7. The Kier molecular flexibility index (Phi) is 3.48. The van der Waals surface area contributed by atoms with Crippen molar-refractivity contribution in [2.75, 3.05) is 6.61 Å². The van der Waals surface area contributed by atoms with E-state index in [1.165, 1.54) is 24.8 Å². The molecular weight excluding hydrogens is 222 g/mol. The maximum absolute atomic E-state index is 9.82. The summed E-state index contributed by atoms with van der Waals surface area (Å²) in [6.07, 6.45) is 9.62. The first-order valence-corrected chi connectivity index (χ1v) is 7.00. The molecule has 0 amide bonds. The number of aliphatic hydroxyl groups excluding tert-OH is 1. The summed E-state index contributed by atoms with van der Waals surface area (Å²) in [6.45, 7) is 0.213. The van der Waals surface area contributed by atoms with Crippen molar-refractivity contribution in [3.05, 3.63) is 48.0 Å². The van der Waals surface area contributed by atoms with Gasteiger partial charge in [-0.3, -0.25) is 4.90 Å². The number of benzene rings is 1. The Labute approximate surface area is 109 Å². The summed E-state index contributed by atoms with van der Waals surface area (Å²) >= 11 is 0. The smallest absolute Gasteiger partial charge is 0.0628 e. The Bertz CT molecular complexity index is 414. The van der Waals surface area contributed by atoms with Crippen molar-refractivity contribution in [2.24, 2.45) is 0 Å². The Morgan fingerprint density at radius 2 is 2.06 bits per heavy atom. The number of aliphatic hydroxyl groups is 1. The number of fused-ring (bicyclic) bond motifs is 2. The third kappa shape index (κ3) is 2.11. The van der Waals surface area contributed by atoms with Crippen LogP contribution in [0.25, 0.3) is 0 Å². The van der Waals surface area contributed by atoms with Crippen molar-refractivity contribution in [3.8, 4) is 0 Å². The van der Waals surface area contributed by atoms with E-state index < -0.39 is 0 Å². The molecule has 2 heteroatoms. The minimum atomic E-state index is 0.159. The molecule has 0 radical (unpaired) electrons. The van der Waals surface area contributed by atoms with Crippen molar-refractivity contribution >= 4 is 0 Å². The zero-order chi connectivity index (χ0) is 12.4. The highest BCUT2D eigenvalue weighted by Crippen LogP contribution is 2.36. The molecule has 18 heavy (non-hydrogen) atoms. The molecule has 2 heterocycles. The summed E-state index contributed by atoms with van der Waals surface area (Å²) in [5, 5.41) is 9.82. The molecule has 2 bridgehead atoms. The first kappa shape index (κ1) is 11.9. The monoisotopic (exact) mass is 243 g/mol.